The van der Waals surface area contributed by atoms with Crippen molar-refractivity contribution < 1.29 is 0 Å². The molecule has 0 radical (unpaired) electrons. The van der Waals surface area contributed by atoms with Crippen LogP contribution in [0.2, 0.25) is 0 Å². The van der Waals surface area contributed by atoms with Gasteiger partial charge in [-0.25, -0.2) is 0 Å². The molecule has 4 aliphatic rings. The summed E-state index contributed by atoms with van der Waals surface area (Å²) in [7, 11) is 0. The summed E-state index contributed by atoms with van der Waals surface area (Å²) in [6.45, 7) is 9.06. The van der Waals surface area contributed by atoms with E-state index < -0.39 is 5.41 Å². The molecule has 1 aliphatic carbocycles. The molecule has 2 nitrogen and oxygen atoms in total. The summed E-state index contributed by atoms with van der Waals surface area (Å²) in [4.78, 5) is 5.37. The van der Waals surface area contributed by atoms with Crippen LogP contribution < -0.4 is 20.6 Å². The van der Waals surface area contributed by atoms with Crippen molar-refractivity contribution in [2.24, 2.45) is 0 Å². The molecule has 0 atom stereocenters. The zero-order valence-corrected chi connectivity index (χ0v) is 39.3. The molecule has 3 heteroatoms. The highest BCUT2D eigenvalue weighted by Gasteiger charge is 2.56. The van der Waals surface area contributed by atoms with Crippen molar-refractivity contribution >= 4 is 46.2 Å². The summed E-state index contributed by atoms with van der Waals surface area (Å²) in [5, 5.41) is 0. The molecule has 326 valence electrons. The number of hydrogen-bond acceptors (Lipinski definition) is 2. The molecule has 0 aromatic heterocycles. The van der Waals surface area contributed by atoms with Gasteiger partial charge in [0.25, 0.3) is 0 Å². The predicted octanol–water partition coefficient (Wildman–Crippen LogP) is 15.7. The Morgan fingerprint density at radius 2 is 0.971 bits per heavy atom. The highest BCUT2D eigenvalue weighted by Crippen LogP contribution is 2.65. The first-order valence-electron chi connectivity index (χ1n) is 24.5. The van der Waals surface area contributed by atoms with Gasteiger partial charge in [-0.2, -0.15) is 0 Å². The van der Waals surface area contributed by atoms with Crippen LogP contribution in [-0.4, -0.2) is 6.85 Å². The fourth-order valence-corrected chi connectivity index (χ4v) is 12.7. The number of benzene rings is 10. The first-order chi connectivity index (χ1) is 33.8. The average Bonchev–Trinajstić information content (AvgIpc) is 3.69. The third-order valence-electron chi connectivity index (χ3n) is 15.7. The maximum Gasteiger partial charge on any atom is 0.333 e. The Morgan fingerprint density at radius 3 is 1.68 bits per heavy atom. The van der Waals surface area contributed by atoms with E-state index in [0.717, 1.165) is 0 Å². The second-order valence-electron chi connectivity index (χ2n) is 20.4. The molecule has 0 amide bonds. The first kappa shape index (κ1) is 40.0. The largest absolute Gasteiger partial charge is 0.376 e. The summed E-state index contributed by atoms with van der Waals surface area (Å²) < 4.78 is 0. The summed E-state index contributed by atoms with van der Waals surface area (Å²) in [6, 6.07) is 85.2. The summed E-state index contributed by atoms with van der Waals surface area (Å²) in [5.41, 5.74) is 28.6. The fraction of sp³-hybridized carbons (Fsp3) is 0.0909. The van der Waals surface area contributed by atoms with Crippen molar-refractivity contribution in [2.75, 3.05) is 9.71 Å². The number of rotatable bonds is 4. The highest BCUT2D eigenvalue weighted by molar-refractivity contribution is 6.94. The molecule has 1 spiro atoms. The maximum atomic E-state index is 2.75. The first-order valence-corrected chi connectivity index (χ1v) is 24.5. The standard InChI is InChI=1S/C66H49BN2/c1-42-20-11-12-25-48(42)46-38-53-51-28-19-32-57-64(51)69(60-33-18-17-31-56(60)66(57)54-29-15-13-26-49(54)50-27-14-16-30-55(50)66)67-58-39-45(43-21-7-5-8-22-43)34-36-61(58)68(62(40-46)63(53)67)59-37-35-47(65(2,3)4)41-52(59)44-23-9-6-10-24-44/h5-41H,1-4H3. The molecule has 10 aromatic rings. The van der Waals surface area contributed by atoms with Crippen LogP contribution in [0.3, 0.4) is 0 Å². The highest BCUT2D eigenvalue weighted by atomic mass is 15.2. The number of aryl methyl sites for hydroxylation is 1. The van der Waals surface area contributed by atoms with E-state index in [1.807, 2.05) is 0 Å². The van der Waals surface area contributed by atoms with E-state index in [0.29, 0.717) is 0 Å². The van der Waals surface area contributed by atoms with E-state index in [9.17, 15) is 0 Å². The van der Waals surface area contributed by atoms with Crippen LogP contribution in [0.4, 0.5) is 28.4 Å². The average molecular weight is 881 g/mol. The van der Waals surface area contributed by atoms with E-state index in [1.165, 1.54) is 128 Å². The number of para-hydroxylation sites is 2. The smallest absolute Gasteiger partial charge is 0.333 e. The monoisotopic (exact) mass is 880 g/mol. The molecule has 3 heterocycles. The Morgan fingerprint density at radius 1 is 0.377 bits per heavy atom. The normalized spacial score (nSPS) is 14.1. The van der Waals surface area contributed by atoms with Crippen LogP contribution in [0.15, 0.2) is 224 Å². The topological polar surface area (TPSA) is 6.48 Å². The van der Waals surface area contributed by atoms with Gasteiger partial charge in [0.1, 0.15) is 0 Å². The van der Waals surface area contributed by atoms with E-state index in [2.05, 4.69) is 262 Å². The number of hydrogen-bond donors (Lipinski definition) is 0. The van der Waals surface area contributed by atoms with Crippen molar-refractivity contribution in [3.05, 3.63) is 258 Å². The summed E-state index contributed by atoms with van der Waals surface area (Å²) in [6.07, 6.45) is 0. The Labute approximate surface area is 405 Å². The third kappa shape index (κ3) is 5.56. The minimum Gasteiger partial charge on any atom is -0.376 e. The van der Waals surface area contributed by atoms with Gasteiger partial charge in [-0.05, 0) is 138 Å². The SMILES string of the molecule is Cc1ccccc1-c1cc2c3c(c1)N(c1ccc(C(C)(C)C)cc1-c1ccccc1)c1ccc(-c4ccccc4)cc1B3N1c3ccccc3C3(c4ccccc4-c4ccccc43)c3cccc-2c31. The minimum absolute atomic E-state index is 0.0394. The summed E-state index contributed by atoms with van der Waals surface area (Å²) in [5.74, 6) is 0. The van der Waals surface area contributed by atoms with Crippen molar-refractivity contribution in [1.29, 1.82) is 0 Å². The quantitative estimate of drug-likeness (QED) is 0.163. The predicted molar refractivity (Wildman–Crippen MR) is 291 cm³/mol. The molecule has 0 saturated heterocycles. The van der Waals surface area contributed by atoms with E-state index in [1.54, 1.807) is 0 Å². The molecule has 69 heavy (non-hydrogen) atoms. The lowest BCUT2D eigenvalue weighted by Gasteiger charge is -2.52. The van der Waals surface area contributed by atoms with Crippen LogP contribution in [0.25, 0.3) is 55.6 Å². The van der Waals surface area contributed by atoms with Gasteiger partial charge in [0.15, 0.2) is 0 Å². The van der Waals surface area contributed by atoms with Gasteiger partial charge in [-0.1, -0.05) is 209 Å². The van der Waals surface area contributed by atoms with Crippen LogP contribution in [0.5, 0.6) is 0 Å². The summed E-state index contributed by atoms with van der Waals surface area (Å²) >= 11 is 0. The van der Waals surface area contributed by atoms with Crippen molar-refractivity contribution in [2.45, 2.75) is 38.5 Å². The van der Waals surface area contributed by atoms with Gasteiger partial charge in [-0.15, -0.1) is 0 Å². The van der Waals surface area contributed by atoms with Crippen LogP contribution >= 0.6 is 0 Å². The van der Waals surface area contributed by atoms with E-state index in [-0.39, 0.29) is 12.3 Å². The van der Waals surface area contributed by atoms with E-state index in [4.69, 9.17) is 0 Å². The maximum absolute atomic E-state index is 2.75. The zero-order chi connectivity index (χ0) is 46.2. The molecular weight excluding hydrogens is 832 g/mol. The van der Waals surface area contributed by atoms with Crippen LogP contribution in [0.1, 0.15) is 54.2 Å². The van der Waals surface area contributed by atoms with Gasteiger partial charge in [-0.3, -0.25) is 0 Å². The Bertz CT molecular complexity index is 3700. The van der Waals surface area contributed by atoms with Crippen molar-refractivity contribution in [3.63, 3.8) is 0 Å². The van der Waals surface area contributed by atoms with Gasteiger partial charge in [0, 0.05) is 33.9 Å². The van der Waals surface area contributed by atoms with Crippen LogP contribution in [-0.2, 0) is 10.8 Å². The Balaban J connectivity index is 1.15. The zero-order valence-electron chi connectivity index (χ0n) is 39.3. The molecule has 3 aliphatic heterocycles. The van der Waals surface area contributed by atoms with Gasteiger partial charge < -0.3 is 9.71 Å². The van der Waals surface area contributed by atoms with Gasteiger partial charge in [0.05, 0.1) is 11.1 Å². The lowest BCUT2D eigenvalue weighted by molar-refractivity contribution is 0.590. The lowest BCUT2D eigenvalue weighted by atomic mass is 9.42. The Hall–Kier alpha value is -8.14. The fourth-order valence-electron chi connectivity index (χ4n) is 12.7. The third-order valence-corrected chi connectivity index (χ3v) is 15.7. The molecular formula is C66H49BN2. The number of fused-ring (bicyclic) bond motifs is 13. The second kappa shape index (κ2) is 14.7. The van der Waals surface area contributed by atoms with E-state index >= 15 is 0 Å². The molecule has 10 aromatic carbocycles. The van der Waals surface area contributed by atoms with Gasteiger partial charge >= 0.3 is 6.85 Å². The number of anilines is 5. The minimum atomic E-state index is -0.519. The lowest BCUT2D eigenvalue weighted by Crippen LogP contribution is -2.63. The van der Waals surface area contributed by atoms with Gasteiger partial charge in [0.2, 0.25) is 0 Å². The Kier molecular flexibility index (Phi) is 8.51. The second-order valence-corrected chi connectivity index (χ2v) is 20.4. The molecule has 0 saturated carbocycles. The van der Waals surface area contributed by atoms with Crippen molar-refractivity contribution in [3.8, 4) is 55.6 Å². The molecule has 14 rings (SSSR count). The van der Waals surface area contributed by atoms with Crippen LogP contribution in [0, 0.1) is 6.92 Å². The number of nitrogens with zero attached hydrogens (tertiary/aromatic N) is 2. The van der Waals surface area contributed by atoms with Crippen molar-refractivity contribution in [1.82, 2.24) is 0 Å². The molecule has 0 unspecified atom stereocenters. The molecule has 0 N–H and O–H groups in total. The molecule has 0 bridgehead atoms. The molecule has 0 fully saturated rings.